The van der Waals surface area contributed by atoms with Gasteiger partial charge in [0.15, 0.2) is 0 Å². The second kappa shape index (κ2) is 4.46. The van der Waals surface area contributed by atoms with Crippen molar-refractivity contribution >= 4 is 11.3 Å². The molecule has 78 valence electrons. The fourth-order valence-corrected chi connectivity index (χ4v) is 2.10. The molecule has 0 radical (unpaired) electrons. The molecule has 0 aromatic carbocycles. The molecule has 0 unspecified atom stereocenters. The number of hydrogen-bond acceptors (Lipinski definition) is 5. The minimum absolute atomic E-state index is 0.761. The van der Waals surface area contributed by atoms with Gasteiger partial charge in [0.05, 0.1) is 0 Å². The van der Waals surface area contributed by atoms with Gasteiger partial charge in [-0.2, -0.15) is 0 Å². The maximum atomic E-state index is 4.14. The number of aryl methyl sites for hydroxylation is 1. The van der Waals surface area contributed by atoms with E-state index in [4.69, 9.17) is 0 Å². The van der Waals surface area contributed by atoms with Crippen molar-refractivity contribution in [3.63, 3.8) is 0 Å². The third-order valence-electron chi connectivity index (χ3n) is 1.92. The number of rotatable bonds is 3. The van der Waals surface area contributed by atoms with E-state index < -0.39 is 0 Å². The second-order valence-electron chi connectivity index (χ2n) is 3.28. The Morgan fingerprint density at radius 3 is 2.93 bits per heavy atom. The summed E-state index contributed by atoms with van der Waals surface area (Å²) in [6.07, 6.45) is 3.65. The molecule has 0 aliphatic rings. The lowest BCUT2D eigenvalue weighted by Gasteiger charge is -1.95. The van der Waals surface area contributed by atoms with Crippen molar-refractivity contribution in [2.24, 2.45) is 0 Å². The van der Waals surface area contributed by atoms with Crippen molar-refractivity contribution in [1.29, 1.82) is 0 Å². The molecule has 2 heterocycles. The van der Waals surface area contributed by atoms with Crippen LogP contribution in [0.25, 0.3) is 10.6 Å². The predicted molar refractivity (Wildman–Crippen MR) is 60.6 cm³/mol. The Bertz CT molecular complexity index is 452. The molecule has 5 heteroatoms. The zero-order valence-electron chi connectivity index (χ0n) is 8.69. The van der Waals surface area contributed by atoms with Gasteiger partial charge in [-0.3, -0.25) is 4.98 Å². The van der Waals surface area contributed by atoms with E-state index in [1.54, 1.807) is 11.3 Å². The number of nitrogens with one attached hydrogen (secondary N) is 1. The summed E-state index contributed by atoms with van der Waals surface area (Å²) in [5.74, 6) is 0. The monoisotopic (exact) mass is 220 g/mol. The van der Waals surface area contributed by atoms with Crippen LogP contribution in [0.4, 0.5) is 0 Å². The van der Waals surface area contributed by atoms with Crippen molar-refractivity contribution < 1.29 is 0 Å². The summed E-state index contributed by atoms with van der Waals surface area (Å²) in [7, 11) is 1.90. The molecule has 0 atom stereocenters. The molecule has 2 aromatic heterocycles. The molecule has 0 spiro atoms. The third-order valence-corrected chi connectivity index (χ3v) is 2.89. The first-order valence-corrected chi connectivity index (χ1v) is 5.50. The Morgan fingerprint density at radius 2 is 2.20 bits per heavy atom. The zero-order chi connectivity index (χ0) is 10.7. The second-order valence-corrected chi connectivity index (χ2v) is 4.34. The van der Waals surface area contributed by atoms with Crippen molar-refractivity contribution in [2.75, 3.05) is 7.05 Å². The molecule has 2 aromatic rings. The highest BCUT2D eigenvalue weighted by Crippen LogP contribution is 2.22. The van der Waals surface area contributed by atoms with Crippen LogP contribution in [0.3, 0.4) is 0 Å². The maximum absolute atomic E-state index is 4.14. The SMILES string of the molecule is CNCc1nnc(-c2cncc(C)c2)s1. The van der Waals surface area contributed by atoms with Gasteiger partial charge in [-0.05, 0) is 25.6 Å². The van der Waals surface area contributed by atoms with E-state index in [0.29, 0.717) is 0 Å². The summed E-state index contributed by atoms with van der Waals surface area (Å²) in [5, 5.41) is 13.2. The van der Waals surface area contributed by atoms with E-state index in [-0.39, 0.29) is 0 Å². The lowest BCUT2D eigenvalue weighted by atomic mass is 10.2. The van der Waals surface area contributed by atoms with Gasteiger partial charge in [-0.1, -0.05) is 11.3 Å². The molecule has 0 fully saturated rings. The van der Waals surface area contributed by atoms with Crippen molar-refractivity contribution in [2.45, 2.75) is 13.5 Å². The van der Waals surface area contributed by atoms with E-state index in [1.165, 1.54) is 0 Å². The van der Waals surface area contributed by atoms with Crippen molar-refractivity contribution in [3.8, 4) is 10.6 Å². The average molecular weight is 220 g/mol. The summed E-state index contributed by atoms with van der Waals surface area (Å²) in [4.78, 5) is 4.14. The maximum Gasteiger partial charge on any atom is 0.149 e. The van der Waals surface area contributed by atoms with Crippen LogP contribution in [0.1, 0.15) is 10.6 Å². The Balaban J connectivity index is 2.29. The molecule has 15 heavy (non-hydrogen) atoms. The molecular weight excluding hydrogens is 208 g/mol. The number of hydrogen-bond donors (Lipinski definition) is 1. The normalized spacial score (nSPS) is 10.5. The average Bonchev–Trinajstić information content (AvgIpc) is 2.67. The molecule has 0 saturated carbocycles. The molecule has 0 bridgehead atoms. The van der Waals surface area contributed by atoms with Crippen molar-refractivity contribution in [1.82, 2.24) is 20.5 Å². The van der Waals surface area contributed by atoms with Crippen LogP contribution in [0.5, 0.6) is 0 Å². The van der Waals surface area contributed by atoms with E-state index in [2.05, 4.69) is 26.6 Å². The first-order chi connectivity index (χ1) is 7.29. The van der Waals surface area contributed by atoms with Gasteiger partial charge in [-0.25, -0.2) is 0 Å². The fraction of sp³-hybridized carbons (Fsp3) is 0.300. The van der Waals surface area contributed by atoms with Gasteiger partial charge in [0.25, 0.3) is 0 Å². The Morgan fingerprint density at radius 1 is 1.33 bits per heavy atom. The molecule has 0 aliphatic heterocycles. The number of aromatic nitrogens is 3. The molecule has 0 aliphatic carbocycles. The van der Waals surface area contributed by atoms with Gasteiger partial charge in [0.2, 0.25) is 0 Å². The molecule has 1 N–H and O–H groups in total. The summed E-state index contributed by atoms with van der Waals surface area (Å²) >= 11 is 1.59. The highest BCUT2D eigenvalue weighted by molar-refractivity contribution is 7.14. The van der Waals surface area contributed by atoms with E-state index in [9.17, 15) is 0 Å². The summed E-state index contributed by atoms with van der Waals surface area (Å²) < 4.78 is 0. The number of nitrogens with zero attached hydrogens (tertiary/aromatic N) is 3. The van der Waals surface area contributed by atoms with E-state index in [0.717, 1.165) is 27.7 Å². The van der Waals surface area contributed by atoms with Gasteiger partial charge in [-0.15, -0.1) is 10.2 Å². The Hall–Kier alpha value is -1.33. The Kier molecular flexibility index (Phi) is 3.03. The molecule has 0 amide bonds. The minimum atomic E-state index is 0.761. The van der Waals surface area contributed by atoms with Crippen LogP contribution < -0.4 is 5.32 Å². The predicted octanol–water partition coefficient (Wildman–Crippen LogP) is 1.63. The topological polar surface area (TPSA) is 50.7 Å². The van der Waals surface area contributed by atoms with E-state index >= 15 is 0 Å². The summed E-state index contributed by atoms with van der Waals surface area (Å²) in [6.45, 7) is 2.78. The van der Waals surface area contributed by atoms with Gasteiger partial charge < -0.3 is 5.32 Å². The van der Waals surface area contributed by atoms with Crippen molar-refractivity contribution in [3.05, 3.63) is 29.0 Å². The quantitative estimate of drug-likeness (QED) is 0.854. The smallest absolute Gasteiger partial charge is 0.149 e. The molecular formula is C10H12N4S. The minimum Gasteiger partial charge on any atom is -0.313 e. The molecule has 0 saturated heterocycles. The fourth-order valence-electron chi connectivity index (χ4n) is 1.26. The molecule has 4 nitrogen and oxygen atoms in total. The number of pyridine rings is 1. The summed E-state index contributed by atoms with van der Waals surface area (Å²) in [6, 6.07) is 2.07. The largest absolute Gasteiger partial charge is 0.313 e. The van der Waals surface area contributed by atoms with Gasteiger partial charge >= 0.3 is 0 Å². The zero-order valence-corrected chi connectivity index (χ0v) is 9.51. The standard InChI is InChI=1S/C10H12N4S/c1-7-3-8(5-12-4-7)10-14-13-9(15-10)6-11-2/h3-5,11H,6H2,1-2H3. The van der Waals surface area contributed by atoms with Gasteiger partial charge in [0, 0.05) is 24.5 Å². The van der Waals surface area contributed by atoms with Crippen LogP contribution in [0.2, 0.25) is 0 Å². The van der Waals surface area contributed by atoms with Gasteiger partial charge in [0.1, 0.15) is 10.0 Å². The highest BCUT2D eigenvalue weighted by atomic mass is 32.1. The van der Waals surface area contributed by atoms with Crippen LogP contribution in [0, 0.1) is 6.92 Å². The van der Waals surface area contributed by atoms with Crippen LogP contribution in [0.15, 0.2) is 18.5 Å². The summed E-state index contributed by atoms with van der Waals surface area (Å²) in [5.41, 5.74) is 2.17. The first kappa shape index (κ1) is 10.2. The van der Waals surface area contributed by atoms with Crippen LogP contribution >= 0.6 is 11.3 Å². The van der Waals surface area contributed by atoms with E-state index in [1.807, 2.05) is 26.4 Å². The Labute approximate surface area is 92.4 Å². The first-order valence-electron chi connectivity index (χ1n) is 4.68. The third kappa shape index (κ3) is 2.37. The lowest BCUT2D eigenvalue weighted by Crippen LogP contribution is -2.04. The highest BCUT2D eigenvalue weighted by Gasteiger charge is 2.06. The lowest BCUT2D eigenvalue weighted by molar-refractivity contribution is 0.795. The van der Waals surface area contributed by atoms with Crippen LogP contribution in [-0.2, 0) is 6.54 Å². The van der Waals surface area contributed by atoms with Crippen LogP contribution in [-0.4, -0.2) is 22.2 Å². The molecule has 2 rings (SSSR count).